The number of nitrogens with one attached hydrogen (secondary N) is 1. The SMILES string of the molecule is CCOC1(c2nc(C)cc(=O)[nH]2)CCOCC1. The third-order valence-electron chi connectivity index (χ3n) is 3.02. The van der Waals surface area contributed by atoms with Gasteiger partial charge in [0, 0.05) is 44.4 Å². The highest BCUT2D eigenvalue weighted by molar-refractivity contribution is 5.08. The molecule has 1 aliphatic heterocycles. The predicted molar refractivity (Wildman–Crippen MR) is 63.0 cm³/mol. The van der Waals surface area contributed by atoms with Crippen molar-refractivity contribution >= 4 is 0 Å². The molecule has 5 heteroatoms. The Morgan fingerprint density at radius 3 is 2.82 bits per heavy atom. The fourth-order valence-electron chi connectivity index (χ4n) is 2.22. The Morgan fingerprint density at radius 2 is 2.24 bits per heavy atom. The lowest BCUT2D eigenvalue weighted by molar-refractivity contribution is -0.118. The quantitative estimate of drug-likeness (QED) is 0.857. The molecule has 1 N–H and O–H groups in total. The first-order chi connectivity index (χ1) is 8.16. The summed E-state index contributed by atoms with van der Waals surface area (Å²) in [4.78, 5) is 18.7. The monoisotopic (exact) mass is 238 g/mol. The third-order valence-corrected chi connectivity index (χ3v) is 3.02. The minimum Gasteiger partial charge on any atom is -0.381 e. The molecule has 0 atom stereocenters. The van der Waals surface area contributed by atoms with Crippen LogP contribution in [0.5, 0.6) is 0 Å². The molecule has 0 aliphatic carbocycles. The summed E-state index contributed by atoms with van der Waals surface area (Å²) in [6, 6.07) is 1.49. The van der Waals surface area contributed by atoms with Gasteiger partial charge in [0.25, 0.3) is 5.56 Å². The van der Waals surface area contributed by atoms with Gasteiger partial charge in [-0.2, -0.15) is 0 Å². The number of H-pyrrole nitrogens is 1. The van der Waals surface area contributed by atoms with Crippen molar-refractivity contribution in [2.45, 2.75) is 32.3 Å². The molecule has 0 unspecified atom stereocenters. The van der Waals surface area contributed by atoms with Crippen LogP contribution in [0.25, 0.3) is 0 Å². The van der Waals surface area contributed by atoms with Gasteiger partial charge in [-0.3, -0.25) is 4.79 Å². The van der Waals surface area contributed by atoms with Gasteiger partial charge in [-0.15, -0.1) is 0 Å². The molecule has 2 rings (SSSR count). The molecule has 0 amide bonds. The van der Waals surface area contributed by atoms with E-state index in [0.29, 0.717) is 31.3 Å². The molecule has 0 bridgehead atoms. The zero-order chi connectivity index (χ0) is 12.3. The van der Waals surface area contributed by atoms with Crippen molar-refractivity contribution in [1.82, 2.24) is 9.97 Å². The van der Waals surface area contributed by atoms with Gasteiger partial charge in [0.2, 0.25) is 0 Å². The highest BCUT2D eigenvalue weighted by Crippen LogP contribution is 2.33. The van der Waals surface area contributed by atoms with E-state index in [2.05, 4.69) is 9.97 Å². The van der Waals surface area contributed by atoms with E-state index >= 15 is 0 Å². The van der Waals surface area contributed by atoms with Crippen molar-refractivity contribution in [2.75, 3.05) is 19.8 Å². The van der Waals surface area contributed by atoms with Crippen molar-refractivity contribution in [2.24, 2.45) is 0 Å². The molecular weight excluding hydrogens is 220 g/mol. The molecule has 1 aromatic heterocycles. The van der Waals surface area contributed by atoms with Crippen LogP contribution in [0, 0.1) is 6.92 Å². The molecule has 17 heavy (non-hydrogen) atoms. The average Bonchev–Trinajstić information content (AvgIpc) is 2.29. The van der Waals surface area contributed by atoms with Crippen molar-refractivity contribution in [1.29, 1.82) is 0 Å². The standard InChI is InChI=1S/C12H18N2O3/c1-3-17-12(4-6-16-7-5-12)11-13-9(2)8-10(15)14-11/h8H,3-7H2,1-2H3,(H,13,14,15). The lowest BCUT2D eigenvalue weighted by Gasteiger charge is -2.35. The molecule has 94 valence electrons. The number of aromatic amines is 1. The Hall–Kier alpha value is -1.20. The fraction of sp³-hybridized carbons (Fsp3) is 0.667. The van der Waals surface area contributed by atoms with Crippen LogP contribution in [0.4, 0.5) is 0 Å². The van der Waals surface area contributed by atoms with Gasteiger partial charge in [-0.05, 0) is 13.8 Å². The second-order valence-electron chi connectivity index (χ2n) is 4.28. The number of aryl methyl sites for hydroxylation is 1. The highest BCUT2D eigenvalue weighted by Gasteiger charge is 2.37. The summed E-state index contributed by atoms with van der Waals surface area (Å²) in [5, 5.41) is 0. The summed E-state index contributed by atoms with van der Waals surface area (Å²) in [7, 11) is 0. The van der Waals surface area contributed by atoms with Gasteiger partial charge in [-0.25, -0.2) is 4.98 Å². The summed E-state index contributed by atoms with van der Waals surface area (Å²) in [6.07, 6.45) is 1.46. The Kier molecular flexibility index (Phi) is 3.59. The van der Waals surface area contributed by atoms with Crippen molar-refractivity contribution in [3.63, 3.8) is 0 Å². The van der Waals surface area contributed by atoms with Gasteiger partial charge in [0.15, 0.2) is 0 Å². The second kappa shape index (κ2) is 4.98. The van der Waals surface area contributed by atoms with E-state index in [9.17, 15) is 4.79 Å². The number of rotatable bonds is 3. The lowest BCUT2D eigenvalue weighted by atomic mass is 9.93. The fourth-order valence-corrected chi connectivity index (χ4v) is 2.22. The topological polar surface area (TPSA) is 64.2 Å². The average molecular weight is 238 g/mol. The molecule has 0 aromatic carbocycles. The molecule has 0 saturated carbocycles. The maximum Gasteiger partial charge on any atom is 0.251 e. The predicted octanol–water partition coefficient (Wildman–Crippen LogP) is 1.12. The minimum atomic E-state index is -0.488. The van der Waals surface area contributed by atoms with Crippen molar-refractivity contribution in [3.8, 4) is 0 Å². The van der Waals surface area contributed by atoms with Gasteiger partial charge in [-0.1, -0.05) is 0 Å². The molecular formula is C12H18N2O3. The van der Waals surface area contributed by atoms with Crippen molar-refractivity contribution in [3.05, 3.63) is 27.9 Å². The van der Waals surface area contributed by atoms with Crippen LogP contribution in [0.2, 0.25) is 0 Å². The number of nitrogens with zero attached hydrogens (tertiary/aromatic N) is 1. The van der Waals surface area contributed by atoms with E-state index in [1.807, 2.05) is 13.8 Å². The molecule has 1 fully saturated rings. The van der Waals surface area contributed by atoms with E-state index in [1.54, 1.807) is 0 Å². The molecule has 0 spiro atoms. The first kappa shape index (κ1) is 12.3. The maximum absolute atomic E-state index is 11.5. The molecule has 1 aromatic rings. The van der Waals surface area contributed by atoms with Gasteiger partial charge < -0.3 is 14.5 Å². The van der Waals surface area contributed by atoms with Crippen molar-refractivity contribution < 1.29 is 9.47 Å². The van der Waals surface area contributed by atoms with Crippen LogP contribution in [0.15, 0.2) is 10.9 Å². The smallest absolute Gasteiger partial charge is 0.251 e. The Labute approximate surface area is 100 Å². The summed E-state index contributed by atoms with van der Waals surface area (Å²) >= 11 is 0. The van der Waals surface area contributed by atoms with Crippen LogP contribution in [-0.4, -0.2) is 29.8 Å². The first-order valence-electron chi connectivity index (χ1n) is 5.96. The lowest BCUT2D eigenvalue weighted by Crippen LogP contribution is -2.39. The van der Waals surface area contributed by atoms with Gasteiger partial charge in [0.05, 0.1) is 0 Å². The number of aromatic nitrogens is 2. The summed E-state index contributed by atoms with van der Waals surface area (Å²) in [6.45, 7) is 5.63. The first-order valence-corrected chi connectivity index (χ1v) is 5.96. The van der Waals surface area contributed by atoms with Crippen LogP contribution in [-0.2, 0) is 15.1 Å². The molecule has 1 aliphatic rings. The molecule has 2 heterocycles. The zero-order valence-electron chi connectivity index (χ0n) is 10.3. The summed E-state index contributed by atoms with van der Waals surface area (Å²) in [5.41, 5.74) is 0.102. The largest absolute Gasteiger partial charge is 0.381 e. The van der Waals surface area contributed by atoms with Crippen LogP contribution >= 0.6 is 0 Å². The van der Waals surface area contributed by atoms with Gasteiger partial charge in [0.1, 0.15) is 11.4 Å². The molecule has 5 nitrogen and oxygen atoms in total. The Morgan fingerprint density at radius 1 is 1.53 bits per heavy atom. The van der Waals surface area contributed by atoms with E-state index in [0.717, 1.165) is 12.8 Å². The third kappa shape index (κ3) is 2.56. The molecule has 0 radical (unpaired) electrons. The Balaban J connectivity index is 2.40. The van der Waals surface area contributed by atoms with E-state index in [-0.39, 0.29) is 5.56 Å². The second-order valence-corrected chi connectivity index (χ2v) is 4.28. The number of hydrogen-bond donors (Lipinski definition) is 1. The zero-order valence-corrected chi connectivity index (χ0v) is 10.3. The van der Waals surface area contributed by atoms with Gasteiger partial charge >= 0.3 is 0 Å². The summed E-state index contributed by atoms with van der Waals surface area (Å²) < 4.78 is 11.2. The summed E-state index contributed by atoms with van der Waals surface area (Å²) in [5.74, 6) is 0.632. The van der Waals surface area contributed by atoms with Crippen LogP contribution in [0.1, 0.15) is 31.3 Å². The molecule has 1 saturated heterocycles. The normalized spacial score (nSPS) is 19.2. The Bertz CT molecular complexity index is 430. The minimum absolute atomic E-state index is 0.127. The van der Waals surface area contributed by atoms with E-state index < -0.39 is 5.60 Å². The van der Waals surface area contributed by atoms with Crippen LogP contribution < -0.4 is 5.56 Å². The maximum atomic E-state index is 11.5. The number of hydrogen-bond acceptors (Lipinski definition) is 4. The number of ether oxygens (including phenoxy) is 2. The van der Waals surface area contributed by atoms with E-state index in [1.165, 1.54) is 6.07 Å². The highest BCUT2D eigenvalue weighted by atomic mass is 16.5. The van der Waals surface area contributed by atoms with Crippen LogP contribution in [0.3, 0.4) is 0 Å². The van der Waals surface area contributed by atoms with E-state index in [4.69, 9.17) is 9.47 Å².